The van der Waals surface area contributed by atoms with Crippen LogP contribution in [-0.4, -0.2) is 42.1 Å². The van der Waals surface area contributed by atoms with Gasteiger partial charge in [-0.2, -0.15) is 0 Å². The predicted molar refractivity (Wildman–Crippen MR) is 80.6 cm³/mol. The SMILES string of the molecule is O=C(c1ccc(Nc2ccccc2F)nc1)N1CCOCC1. The Bertz CT molecular complexity index is 655. The lowest BCUT2D eigenvalue weighted by atomic mass is 10.2. The molecule has 0 spiro atoms. The van der Waals surface area contributed by atoms with Gasteiger partial charge in [-0.1, -0.05) is 12.1 Å². The number of nitrogens with one attached hydrogen (secondary N) is 1. The number of pyridine rings is 1. The Morgan fingerprint density at radius 2 is 1.95 bits per heavy atom. The third-order valence-electron chi connectivity index (χ3n) is 3.45. The average Bonchev–Trinajstić information content (AvgIpc) is 2.58. The van der Waals surface area contributed by atoms with E-state index in [1.54, 1.807) is 35.2 Å². The molecule has 0 radical (unpaired) electrons. The molecule has 1 aliphatic rings. The van der Waals surface area contributed by atoms with E-state index >= 15 is 0 Å². The number of hydrogen-bond donors (Lipinski definition) is 1. The number of nitrogens with zero attached hydrogens (tertiary/aromatic N) is 2. The number of ether oxygens (including phenoxy) is 1. The van der Waals surface area contributed by atoms with Crippen molar-refractivity contribution in [2.45, 2.75) is 0 Å². The number of benzene rings is 1. The van der Waals surface area contributed by atoms with E-state index in [-0.39, 0.29) is 11.7 Å². The van der Waals surface area contributed by atoms with Crippen LogP contribution < -0.4 is 5.32 Å². The second kappa shape index (κ2) is 6.53. The highest BCUT2D eigenvalue weighted by atomic mass is 19.1. The zero-order chi connectivity index (χ0) is 15.4. The van der Waals surface area contributed by atoms with Gasteiger partial charge in [0.1, 0.15) is 11.6 Å². The van der Waals surface area contributed by atoms with E-state index in [0.717, 1.165) is 0 Å². The second-order valence-corrected chi connectivity index (χ2v) is 4.94. The molecule has 3 rings (SSSR count). The van der Waals surface area contributed by atoms with E-state index in [1.165, 1.54) is 12.3 Å². The first kappa shape index (κ1) is 14.5. The molecule has 1 aromatic carbocycles. The Morgan fingerprint density at radius 3 is 2.64 bits per heavy atom. The van der Waals surface area contributed by atoms with E-state index in [4.69, 9.17) is 4.74 Å². The van der Waals surface area contributed by atoms with Crippen molar-refractivity contribution in [2.75, 3.05) is 31.6 Å². The summed E-state index contributed by atoms with van der Waals surface area (Å²) in [5.41, 5.74) is 0.864. The maximum Gasteiger partial charge on any atom is 0.255 e. The summed E-state index contributed by atoms with van der Waals surface area (Å²) in [5.74, 6) is 0.0784. The first-order valence-corrected chi connectivity index (χ1v) is 7.09. The standard InChI is InChI=1S/C16H16FN3O2/c17-13-3-1-2-4-14(13)19-15-6-5-12(11-18-15)16(21)20-7-9-22-10-8-20/h1-6,11H,7-10H2,(H,18,19). The third-order valence-corrected chi connectivity index (χ3v) is 3.45. The van der Waals surface area contributed by atoms with Gasteiger partial charge in [0.15, 0.2) is 0 Å². The topological polar surface area (TPSA) is 54.5 Å². The average molecular weight is 301 g/mol. The molecule has 6 heteroatoms. The molecular weight excluding hydrogens is 285 g/mol. The molecule has 0 saturated carbocycles. The molecule has 2 heterocycles. The van der Waals surface area contributed by atoms with Crippen LogP contribution in [0.1, 0.15) is 10.4 Å². The summed E-state index contributed by atoms with van der Waals surface area (Å²) in [6.07, 6.45) is 1.50. The van der Waals surface area contributed by atoms with Crippen LogP contribution >= 0.6 is 0 Å². The van der Waals surface area contributed by atoms with Gasteiger partial charge in [0.2, 0.25) is 0 Å². The molecule has 0 atom stereocenters. The molecule has 0 bridgehead atoms. The number of para-hydroxylation sites is 1. The number of carbonyl (C=O) groups is 1. The molecule has 2 aromatic rings. The number of anilines is 2. The lowest BCUT2D eigenvalue weighted by Crippen LogP contribution is -2.40. The van der Waals surface area contributed by atoms with Gasteiger partial charge in [0.05, 0.1) is 24.5 Å². The van der Waals surface area contributed by atoms with E-state index in [9.17, 15) is 9.18 Å². The number of hydrogen-bond acceptors (Lipinski definition) is 4. The molecule has 1 saturated heterocycles. The molecule has 1 amide bonds. The highest BCUT2D eigenvalue weighted by Crippen LogP contribution is 2.18. The minimum atomic E-state index is -0.349. The van der Waals surface area contributed by atoms with Crippen molar-refractivity contribution < 1.29 is 13.9 Å². The summed E-state index contributed by atoms with van der Waals surface area (Å²) in [7, 11) is 0. The van der Waals surface area contributed by atoms with Gasteiger partial charge >= 0.3 is 0 Å². The van der Waals surface area contributed by atoms with Gasteiger partial charge in [0.25, 0.3) is 5.91 Å². The Morgan fingerprint density at radius 1 is 1.18 bits per heavy atom. The molecule has 22 heavy (non-hydrogen) atoms. The van der Waals surface area contributed by atoms with Crippen molar-refractivity contribution in [1.82, 2.24) is 9.88 Å². The zero-order valence-electron chi connectivity index (χ0n) is 12.0. The minimum Gasteiger partial charge on any atom is -0.378 e. The van der Waals surface area contributed by atoms with Gasteiger partial charge in [-0.05, 0) is 24.3 Å². The smallest absolute Gasteiger partial charge is 0.255 e. The van der Waals surface area contributed by atoms with Crippen molar-refractivity contribution in [3.05, 3.63) is 54.0 Å². The number of aromatic nitrogens is 1. The molecule has 1 fully saturated rings. The fourth-order valence-corrected chi connectivity index (χ4v) is 2.24. The molecular formula is C16H16FN3O2. The molecule has 5 nitrogen and oxygen atoms in total. The summed E-state index contributed by atoms with van der Waals surface area (Å²) in [6.45, 7) is 2.31. The molecule has 1 aliphatic heterocycles. The van der Waals surface area contributed by atoms with Crippen molar-refractivity contribution >= 4 is 17.4 Å². The van der Waals surface area contributed by atoms with Crippen LogP contribution in [0.2, 0.25) is 0 Å². The Hall–Kier alpha value is -2.47. The largest absolute Gasteiger partial charge is 0.378 e. The molecule has 0 unspecified atom stereocenters. The summed E-state index contributed by atoms with van der Waals surface area (Å²) in [5, 5.41) is 2.89. The quantitative estimate of drug-likeness (QED) is 0.946. The number of rotatable bonds is 3. The van der Waals surface area contributed by atoms with Crippen LogP contribution in [0.15, 0.2) is 42.6 Å². The minimum absolute atomic E-state index is 0.0618. The molecule has 114 valence electrons. The number of halogens is 1. The van der Waals surface area contributed by atoms with Gasteiger partial charge in [-0.25, -0.2) is 9.37 Å². The van der Waals surface area contributed by atoms with E-state index < -0.39 is 0 Å². The summed E-state index contributed by atoms with van der Waals surface area (Å²) < 4.78 is 18.8. The lowest BCUT2D eigenvalue weighted by Gasteiger charge is -2.26. The van der Waals surface area contributed by atoms with E-state index in [0.29, 0.717) is 43.4 Å². The fourth-order valence-electron chi connectivity index (χ4n) is 2.24. The molecule has 1 N–H and O–H groups in total. The number of carbonyl (C=O) groups excluding carboxylic acids is 1. The van der Waals surface area contributed by atoms with Crippen molar-refractivity contribution in [3.8, 4) is 0 Å². The first-order chi connectivity index (χ1) is 10.7. The van der Waals surface area contributed by atoms with Crippen molar-refractivity contribution in [1.29, 1.82) is 0 Å². The molecule has 1 aromatic heterocycles. The highest BCUT2D eigenvalue weighted by Gasteiger charge is 2.18. The lowest BCUT2D eigenvalue weighted by molar-refractivity contribution is 0.0302. The Kier molecular flexibility index (Phi) is 4.29. The van der Waals surface area contributed by atoms with Crippen LogP contribution in [0.25, 0.3) is 0 Å². The van der Waals surface area contributed by atoms with Crippen molar-refractivity contribution in [3.63, 3.8) is 0 Å². The van der Waals surface area contributed by atoms with Gasteiger partial charge in [-0.15, -0.1) is 0 Å². The van der Waals surface area contributed by atoms with Gasteiger partial charge in [-0.3, -0.25) is 4.79 Å². The fraction of sp³-hybridized carbons (Fsp3) is 0.250. The maximum absolute atomic E-state index is 13.6. The van der Waals surface area contributed by atoms with Crippen LogP contribution in [0.4, 0.5) is 15.9 Å². The van der Waals surface area contributed by atoms with Gasteiger partial charge in [0, 0.05) is 19.3 Å². The monoisotopic (exact) mass is 301 g/mol. The van der Waals surface area contributed by atoms with Crippen LogP contribution in [0.5, 0.6) is 0 Å². The third kappa shape index (κ3) is 3.23. The zero-order valence-corrected chi connectivity index (χ0v) is 12.0. The number of amides is 1. The van der Waals surface area contributed by atoms with E-state index in [2.05, 4.69) is 10.3 Å². The first-order valence-electron chi connectivity index (χ1n) is 7.09. The van der Waals surface area contributed by atoms with Crippen molar-refractivity contribution in [2.24, 2.45) is 0 Å². The highest BCUT2D eigenvalue weighted by molar-refractivity contribution is 5.94. The molecule has 0 aliphatic carbocycles. The normalized spacial score (nSPS) is 14.7. The Labute approximate surface area is 127 Å². The summed E-state index contributed by atoms with van der Waals surface area (Å²) >= 11 is 0. The second-order valence-electron chi connectivity index (χ2n) is 4.94. The predicted octanol–water partition coefficient (Wildman–Crippen LogP) is 2.44. The van der Waals surface area contributed by atoms with E-state index in [1.807, 2.05) is 0 Å². The van der Waals surface area contributed by atoms with Gasteiger partial charge < -0.3 is 15.0 Å². The number of morpholine rings is 1. The summed E-state index contributed by atoms with van der Waals surface area (Å²) in [6, 6.07) is 9.72. The van der Waals surface area contributed by atoms with Crippen LogP contribution in [-0.2, 0) is 4.74 Å². The Balaban J connectivity index is 1.70. The van der Waals surface area contributed by atoms with Crippen LogP contribution in [0, 0.1) is 5.82 Å². The maximum atomic E-state index is 13.6. The summed E-state index contributed by atoms with van der Waals surface area (Å²) in [4.78, 5) is 18.2. The van der Waals surface area contributed by atoms with Crippen LogP contribution in [0.3, 0.4) is 0 Å².